The number of hydrogen-bond donors (Lipinski definition) is 2. The Hall–Kier alpha value is -1.62. The van der Waals surface area contributed by atoms with Crippen LogP contribution in [-0.2, 0) is 11.2 Å². The number of aromatic nitrogens is 2. The van der Waals surface area contributed by atoms with Crippen LogP contribution in [0.25, 0.3) is 10.6 Å². The van der Waals surface area contributed by atoms with Gasteiger partial charge in [0.2, 0.25) is 0 Å². The summed E-state index contributed by atoms with van der Waals surface area (Å²) >= 11 is 1.65. The van der Waals surface area contributed by atoms with E-state index in [1.54, 1.807) is 31.4 Å². The summed E-state index contributed by atoms with van der Waals surface area (Å²) in [6.07, 6.45) is 2.17. The third-order valence-corrected chi connectivity index (χ3v) is 3.97. The maximum atomic E-state index is 11.1. The molecule has 0 saturated carbocycles. The first-order valence-corrected chi connectivity index (χ1v) is 6.60. The monoisotopic (exact) mass is 264 g/mol. The van der Waals surface area contributed by atoms with Crippen molar-refractivity contribution in [3.63, 3.8) is 0 Å². The van der Waals surface area contributed by atoms with E-state index >= 15 is 0 Å². The molecule has 96 valence electrons. The first-order chi connectivity index (χ1) is 8.40. The van der Waals surface area contributed by atoms with E-state index in [0.29, 0.717) is 12.2 Å². The lowest BCUT2D eigenvalue weighted by Crippen LogP contribution is -2.26. The highest BCUT2D eigenvalue weighted by Crippen LogP contribution is 2.28. The molecule has 2 N–H and O–H groups in total. The molecule has 4 nitrogen and oxygen atoms in total. The Bertz CT molecular complexity index is 569. The van der Waals surface area contributed by atoms with E-state index < -0.39 is 11.4 Å². The van der Waals surface area contributed by atoms with Gasteiger partial charge in [0, 0.05) is 6.42 Å². The van der Waals surface area contributed by atoms with Crippen LogP contribution in [0.5, 0.6) is 0 Å². The normalized spacial score (nSPS) is 11.7. The lowest BCUT2D eigenvalue weighted by atomic mass is 9.89. The summed E-state index contributed by atoms with van der Waals surface area (Å²) in [4.78, 5) is 19.7. The van der Waals surface area contributed by atoms with Gasteiger partial charge < -0.3 is 10.1 Å². The third-order valence-electron chi connectivity index (χ3n) is 2.92. The summed E-state index contributed by atoms with van der Waals surface area (Å²) in [5.74, 6) is -0.0991. The molecule has 0 aliphatic heterocycles. The average Bonchev–Trinajstić information content (AvgIpc) is 2.86. The second-order valence-corrected chi connectivity index (χ2v) is 5.96. The van der Waals surface area contributed by atoms with Gasteiger partial charge in [0.15, 0.2) is 0 Å². The molecule has 0 aromatic carbocycles. The quantitative estimate of drug-likeness (QED) is 0.891. The number of carboxylic acids is 1. The Labute approximate surface area is 110 Å². The molecule has 0 radical (unpaired) electrons. The second-order valence-electron chi connectivity index (χ2n) is 5.04. The highest BCUT2D eigenvalue weighted by Gasteiger charge is 2.28. The molecule has 2 heterocycles. The highest BCUT2D eigenvalue weighted by molar-refractivity contribution is 7.13. The molecule has 0 amide bonds. The van der Waals surface area contributed by atoms with E-state index in [1.165, 1.54) is 5.56 Å². The van der Waals surface area contributed by atoms with Gasteiger partial charge in [-0.1, -0.05) is 0 Å². The van der Waals surface area contributed by atoms with Crippen molar-refractivity contribution in [3.8, 4) is 10.6 Å². The molecule has 2 aromatic heterocycles. The average molecular weight is 264 g/mol. The van der Waals surface area contributed by atoms with Crippen molar-refractivity contribution in [1.82, 2.24) is 9.97 Å². The first kappa shape index (κ1) is 12.8. The van der Waals surface area contributed by atoms with E-state index in [0.717, 1.165) is 10.6 Å². The van der Waals surface area contributed by atoms with Crippen LogP contribution in [0.15, 0.2) is 17.6 Å². The van der Waals surface area contributed by atoms with E-state index in [1.807, 2.05) is 12.3 Å². The summed E-state index contributed by atoms with van der Waals surface area (Å²) < 4.78 is 0. The number of imidazole rings is 1. The summed E-state index contributed by atoms with van der Waals surface area (Å²) in [5, 5.41) is 11.1. The van der Waals surface area contributed by atoms with Crippen LogP contribution in [0.2, 0.25) is 0 Å². The maximum absolute atomic E-state index is 11.1. The SMILES string of the molecule is Cc1ccsc1-c1cnc(CC(C)(C)C(=O)O)[nH]1. The van der Waals surface area contributed by atoms with Gasteiger partial charge in [-0.15, -0.1) is 11.3 Å². The molecule has 2 rings (SSSR count). The molecule has 5 heteroatoms. The fourth-order valence-electron chi connectivity index (χ4n) is 1.71. The van der Waals surface area contributed by atoms with Crippen LogP contribution in [-0.4, -0.2) is 21.0 Å². The summed E-state index contributed by atoms with van der Waals surface area (Å²) in [6, 6.07) is 2.06. The van der Waals surface area contributed by atoms with Gasteiger partial charge in [0.1, 0.15) is 5.82 Å². The Kier molecular flexibility index (Phi) is 3.26. The van der Waals surface area contributed by atoms with Crippen LogP contribution >= 0.6 is 11.3 Å². The molecule has 0 aliphatic rings. The predicted molar refractivity (Wildman–Crippen MR) is 71.8 cm³/mol. The number of thiophene rings is 1. The lowest BCUT2D eigenvalue weighted by Gasteiger charge is -2.16. The topological polar surface area (TPSA) is 66.0 Å². The molecule has 0 saturated heterocycles. The number of rotatable bonds is 4. The summed E-state index contributed by atoms with van der Waals surface area (Å²) in [6.45, 7) is 5.45. The van der Waals surface area contributed by atoms with E-state index in [9.17, 15) is 4.79 Å². The summed E-state index contributed by atoms with van der Waals surface area (Å²) in [5.41, 5.74) is 1.35. The first-order valence-electron chi connectivity index (χ1n) is 5.72. The van der Waals surface area contributed by atoms with Crippen molar-refractivity contribution in [1.29, 1.82) is 0 Å². The molecule has 0 aliphatic carbocycles. The van der Waals surface area contributed by atoms with Crippen molar-refractivity contribution in [2.75, 3.05) is 0 Å². The molecule has 0 unspecified atom stereocenters. The smallest absolute Gasteiger partial charge is 0.309 e. The number of H-pyrrole nitrogens is 1. The zero-order chi connectivity index (χ0) is 13.3. The molecule has 0 atom stereocenters. The maximum Gasteiger partial charge on any atom is 0.309 e. The second kappa shape index (κ2) is 4.57. The Morgan fingerprint density at radius 1 is 1.56 bits per heavy atom. The predicted octanol–water partition coefficient (Wildman–Crippen LogP) is 3.10. The van der Waals surface area contributed by atoms with Crippen LogP contribution in [0.1, 0.15) is 25.2 Å². The number of nitrogens with one attached hydrogen (secondary N) is 1. The highest BCUT2D eigenvalue weighted by atomic mass is 32.1. The number of carbonyl (C=O) groups is 1. The number of aromatic amines is 1. The zero-order valence-electron chi connectivity index (χ0n) is 10.7. The summed E-state index contributed by atoms with van der Waals surface area (Å²) in [7, 11) is 0. The number of carboxylic acid groups (broad SMARTS) is 1. The molecule has 0 bridgehead atoms. The Morgan fingerprint density at radius 3 is 2.83 bits per heavy atom. The standard InChI is InChI=1S/C13H16N2O2S/c1-8-4-5-18-11(8)9-7-14-10(15-9)6-13(2,3)12(16)17/h4-5,7H,6H2,1-3H3,(H,14,15)(H,16,17). The molecule has 0 spiro atoms. The fraction of sp³-hybridized carbons (Fsp3) is 0.385. The minimum Gasteiger partial charge on any atom is -0.481 e. The number of aryl methyl sites for hydroxylation is 1. The minimum absolute atomic E-state index is 0.396. The van der Waals surface area contributed by atoms with Crippen LogP contribution in [0.4, 0.5) is 0 Å². The third kappa shape index (κ3) is 2.46. The molecular weight excluding hydrogens is 248 g/mol. The van der Waals surface area contributed by atoms with Crippen molar-refractivity contribution in [2.24, 2.45) is 5.41 Å². The molecular formula is C13H16N2O2S. The minimum atomic E-state index is -0.812. The van der Waals surface area contributed by atoms with Gasteiger partial charge in [0.05, 0.1) is 22.2 Å². The number of aliphatic carboxylic acids is 1. The Morgan fingerprint density at radius 2 is 2.28 bits per heavy atom. The van der Waals surface area contributed by atoms with Crippen LogP contribution in [0.3, 0.4) is 0 Å². The van der Waals surface area contributed by atoms with Gasteiger partial charge >= 0.3 is 5.97 Å². The largest absolute Gasteiger partial charge is 0.481 e. The van der Waals surface area contributed by atoms with Crippen molar-refractivity contribution >= 4 is 17.3 Å². The van der Waals surface area contributed by atoms with Crippen molar-refractivity contribution in [2.45, 2.75) is 27.2 Å². The van der Waals surface area contributed by atoms with Gasteiger partial charge in [-0.3, -0.25) is 4.79 Å². The van der Waals surface area contributed by atoms with Gasteiger partial charge in [-0.05, 0) is 37.8 Å². The van der Waals surface area contributed by atoms with Crippen molar-refractivity contribution < 1.29 is 9.90 Å². The Balaban J connectivity index is 2.22. The molecule has 0 fully saturated rings. The van der Waals surface area contributed by atoms with E-state index in [2.05, 4.69) is 16.0 Å². The van der Waals surface area contributed by atoms with Crippen LogP contribution < -0.4 is 0 Å². The number of hydrogen-bond acceptors (Lipinski definition) is 3. The lowest BCUT2D eigenvalue weighted by molar-refractivity contribution is -0.146. The zero-order valence-corrected chi connectivity index (χ0v) is 11.5. The van der Waals surface area contributed by atoms with Gasteiger partial charge in [-0.2, -0.15) is 0 Å². The van der Waals surface area contributed by atoms with E-state index in [-0.39, 0.29) is 0 Å². The van der Waals surface area contributed by atoms with Gasteiger partial charge in [0.25, 0.3) is 0 Å². The molecule has 2 aromatic rings. The van der Waals surface area contributed by atoms with Crippen LogP contribution in [0, 0.1) is 12.3 Å². The fourth-order valence-corrected chi connectivity index (χ4v) is 2.60. The molecule has 18 heavy (non-hydrogen) atoms. The van der Waals surface area contributed by atoms with Crippen molar-refractivity contribution in [3.05, 3.63) is 29.0 Å². The number of nitrogens with zero attached hydrogens (tertiary/aromatic N) is 1. The van der Waals surface area contributed by atoms with Gasteiger partial charge in [-0.25, -0.2) is 4.98 Å². The van der Waals surface area contributed by atoms with E-state index in [4.69, 9.17) is 5.11 Å².